The van der Waals surface area contributed by atoms with Gasteiger partial charge in [-0.3, -0.25) is 0 Å². The molecule has 3 nitrogen and oxygen atoms in total. The second-order valence-electron chi connectivity index (χ2n) is 3.94. The lowest BCUT2D eigenvalue weighted by atomic mass is 10.3. The lowest BCUT2D eigenvalue weighted by molar-refractivity contribution is 0.382. The van der Waals surface area contributed by atoms with E-state index in [1.807, 2.05) is 6.07 Å². The maximum absolute atomic E-state index is 5.28. The number of fused-ring (bicyclic) bond motifs is 1. The van der Waals surface area contributed by atoms with Crippen molar-refractivity contribution in [1.82, 2.24) is 9.55 Å². The summed E-state index contributed by atoms with van der Waals surface area (Å²) in [5, 5.41) is 0. The standard InChI is InChI=1S/C12H14N2O/c1-2-12-13-10-5-3-4-6-11(10)14(12)7-9-8-15-9/h3-6,9H,2,7-8H2,1H3/t9-/m1/s1. The minimum absolute atomic E-state index is 0.410. The molecule has 1 fully saturated rings. The molecule has 1 aliphatic heterocycles. The highest BCUT2D eigenvalue weighted by atomic mass is 16.6. The minimum atomic E-state index is 0.410. The van der Waals surface area contributed by atoms with E-state index in [4.69, 9.17) is 4.74 Å². The summed E-state index contributed by atoms with van der Waals surface area (Å²) in [6.07, 6.45) is 1.38. The second-order valence-corrected chi connectivity index (χ2v) is 3.94. The average molecular weight is 202 g/mol. The van der Waals surface area contributed by atoms with Gasteiger partial charge in [0.05, 0.1) is 30.3 Å². The molecule has 1 aromatic heterocycles. The summed E-state index contributed by atoms with van der Waals surface area (Å²) < 4.78 is 7.57. The Kier molecular flexibility index (Phi) is 1.99. The minimum Gasteiger partial charge on any atom is -0.371 e. The van der Waals surface area contributed by atoms with E-state index in [1.165, 1.54) is 5.52 Å². The van der Waals surface area contributed by atoms with Gasteiger partial charge in [0.1, 0.15) is 5.82 Å². The topological polar surface area (TPSA) is 30.4 Å². The maximum Gasteiger partial charge on any atom is 0.109 e. The third kappa shape index (κ3) is 1.53. The summed E-state index contributed by atoms with van der Waals surface area (Å²) in [4.78, 5) is 4.62. The third-order valence-corrected chi connectivity index (χ3v) is 2.84. The molecule has 15 heavy (non-hydrogen) atoms. The summed E-state index contributed by atoms with van der Waals surface area (Å²) in [7, 11) is 0. The molecule has 0 aliphatic carbocycles. The molecule has 0 amide bonds. The molecule has 0 spiro atoms. The Morgan fingerprint density at radius 1 is 1.47 bits per heavy atom. The molecule has 2 aromatic rings. The first kappa shape index (κ1) is 8.92. The molecule has 0 unspecified atom stereocenters. The van der Waals surface area contributed by atoms with Crippen LogP contribution in [0.1, 0.15) is 12.7 Å². The fourth-order valence-electron chi connectivity index (χ4n) is 1.98. The van der Waals surface area contributed by atoms with Gasteiger partial charge in [0.25, 0.3) is 0 Å². The quantitative estimate of drug-likeness (QED) is 0.713. The van der Waals surface area contributed by atoms with Crippen LogP contribution in [-0.2, 0) is 17.7 Å². The van der Waals surface area contributed by atoms with Gasteiger partial charge >= 0.3 is 0 Å². The molecule has 1 atom stereocenters. The zero-order chi connectivity index (χ0) is 10.3. The van der Waals surface area contributed by atoms with Crippen molar-refractivity contribution < 1.29 is 4.74 Å². The van der Waals surface area contributed by atoms with E-state index >= 15 is 0 Å². The van der Waals surface area contributed by atoms with Crippen LogP contribution in [0.2, 0.25) is 0 Å². The van der Waals surface area contributed by atoms with Crippen molar-refractivity contribution in [2.45, 2.75) is 26.0 Å². The van der Waals surface area contributed by atoms with Crippen LogP contribution in [0, 0.1) is 0 Å². The van der Waals surface area contributed by atoms with E-state index in [9.17, 15) is 0 Å². The van der Waals surface area contributed by atoms with Crippen LogP contribution >= 0.6 is 0 Å². The molecule has 0 N–H and O–H groups in total. The first-order chi connectivity index (χ1) is 7.38. The van der Waals surface area contributed by atoms with E-state index in [0.717, 1.165) is 30.9 Å². The normalized spacial score (nSPS) is 19.7. The van der Waals surface area contributed by atoms with Gasteiger partial charge in [0, 0.05) is 6.42 Å². The Balaban J connectivity index is 2.12. The number of aromatic nitrogens is 2. The number of rotatable bonds is 3. The zero-order valence-corrected chi connectivity index (χ0v) is 8.81. The SMILES string of the molecule is CCc1nc2ccccc2n1C[C@@H]1CO1. The number of ether oxygens (including phenoxy) is 1. The van der Waals surface area contributed by atoms with Crippen LogP contribution in [0.3, 0.4) is 0 Å². The van der Waals surface area contributed by atoms with Crippen LogP contribution < -0.4 is 0 Å². The molecule has 1 aliphatic rings. The van der Waals surface area contributed by atoms with E-state index < -0.39 is 0 Å². The number of hydrogen-bond donors (Lipinski definition) is 0. The Morgan fingerprint density at radius 2 is 2.27 bits per heavy atom. The van der Waals surface area contributed by atoms with Crippen molar-refractivity contribution in [3.05, 3.63) is 30.1 Å². The van der Waals surface area contributed by atoms with Gasteiger partial charge in [-0.1, -0.05) is 19.1 Å². The van der Waals surface area contributed by atoms with Gasteiger partial charge in [-0.15, -0.1) is 0 Å². The lowest BCUT2D eigenvalue weighted by Crippen LogP contribution is -2.07. The summed E-state index contributed by atoms with van der Waals surface area (Å²) in [6.45, 7) is 3.99. The van der Waals surface area contributed by atoms with Gasteiger partial charge in [0.15, 0.2) is 0 Å². The number of aryl methyl sites for hydroxylation is 1. The fourth-order valence-corrected chi connectivity index (χ4v) is 1.98. The van der Waals surface area contributed by atoms with E-state index in [2.05, 4.69) is 34.7 Å². The number of benzene rings is 1. The first-order valence-electron chi connectivity index (χ1n) is 5.44. The molecule has 78 valence electrons. The van der Waals surface area contributed by atoms with Gasteiger partial charge in [-0.05, 0) is 12.1 Å². The van der Waals surface area contributed by atoms with Gasteiger partial charge in [0.2, 0.25) is 0 Å². The van der Waals surface area contributed by atoms with Crippen molar-refractivity contribution >= 4 is 11.0 Å². The number of nitrogens with zero attached hydrogens (tertiary/aromatic N) is 2. The van der Waals surface area contributed by atoms with Crippen molar-refractivity contribution in [3.63, 3.8) is 0 Å². The van der Waals surface area contributed by atoms with E-state index in [-0.39, 0.29) is 0 Å². The molecule has 0 saturated carbocycles. The van der Waals surface area contributed by atoms with Crippen LogP contribution in [0.25, 0.3) is 11.0 Å². The van der Waals surface area contributed by atoms with Crippen molar-refractivity contribution in [2.75, 3.05) is 6.61 Å². The highest BCUT2D eigenvalue weighted by Crippen LogP contribution is 2.20. The van der Waals surface area contributed by atoms with Gasteiger partial charge in [-0.25, -0.2) is 4.98 Å². The van der Waals surface area contributed by atoms with Crippen molar-refractivity contribution in [1.29, 1.82) is 0 Å². The molecular formula is C12H14N2O. The fraction of sp³-hybridized carbons (Fsp3) is 0.417. The number of imidazole rings is 1. The predicted octanol–water partition coefficient (Wildman–Crippen LogP) is 2.00. The predicted molar refractivity (Wildman–Crippen MR) is 58.9 cm³/mol. The highest BCUT2D eigenvalue weighted by Gasteiger charge is 2.24. The molecule has 1 saturated heterocycles. The average Bonchev–Trinajstić information content (AvgIpc) is 3.01. The number of hydrogen-bond acceptors (Lipinski definition) is 2. The van der Waals surface area contributed by atoms with Crippen LogP contribution in [0.15, 0.2) is 24.3 Å². The van der Waals surface area contributed by atoms with E-state index in [1.54, 1.807) is 0 Å². The molecule has 0 bridgehead atoms. The van der Waals surface area contributed by atoms with Crippen LogP contribution in [0.5, 0.6) is 0 Å². The smallest absolute Gasteiger partial charge is 0.109 e. The first-order valence-corrected chi connectivity index (χ1v) is 5.44. The number of epoxide rings is 1. The third-order valence-electron chi connectivity index (χ3n) is 2.84. The molecule has 1 aromatic carbocycles. The molecule has 3 heteroatoms. The van der Waals surface area contributed by atoms with Crippen LogP contribution in [0.4, 0.5) is 0 Å². The maximum atomic E-state index is 5.28. The summed E-state index contributed by atoms with van der Waals surface area (Å²) >= 11 is 0. The molecule has 2 heterocycles. The lowest BCUT2D eigenvalue weighted by Gasteiger charge is -2.04. The summed E-state index contributed by atoms with van der Waals surface area (Å²) in [5.74, 6) is 1.16. The molecule has 3 rings (SSSR count). The second kappa shape index (κ2) is 3.35. The number of para-hydroxylation sites is 2. The molecular weight excluding hydrogens is 188 g/mol. The van der Waals surface area contributed by atoms with E-state index in [0.29, 0.717) is 6.10 Å². The highest BCUT2D eigenvalue weighted by molar-refractivity contribution is 5.75. The monoisotopic (exact) mass is 202 g/mol. The summed E-state index contributed by atoms with van der Waals surface area (Å²) in [6, 6.07) is 8.29. The van der Waals surface area contributed by atoms with Crippen LogP contribution in [-0.4, -0.2) is 22.3 Å². The Bertz CT molecular complexity index is 485. The Morgan fingerprint density at radius 3 is 3.00 bits per heavy atom. The summed E-state index contributed by atoms with van der Waals surface area (Å²) in [5.41, 5.74) is 2.32. The molecule has 0 radical (unpaired) electrons. The van der Waals surface area contributed by atoms with Crippen molar-refractivity contribution in [2.24, 2.45) is 0 Å². The Hall–Kier alpha value is -1.35. The Labute approximate surface area is 88.7 Å². The van der Waals surface area contributed by atoms with Crippen molar-refractivity contribution in [3.8, 4) is 0 Å². The largest absolute Gasteiger partial charge is 0.371 e. The van der Waals surface area contributed by atoms with Gasteiger partial charge < -0.3 is 9.30 Å². The van der Waals surface area contributed by atoms with Gasteiger partial charge in [-0.2, -0.15) is 0 Å². The zero-order valence-electron chi connectivity index (χ0n) is 8.81.